The van der Waals surface area contributed by atoms with E-state index in [2.05, 4.69) is 0 Å². The van der Waals surface area contributed by atoms with Crippen molar-refractivity contribution >= 4 is 40.1 Å². The zero-order chi connectivity index (χ0) is 21.1. The quantitative estimate of drug-likeness (QED) is 0.503. The van der Waals surface area contributed by atoms with Crippen LogP contribution in [0.4, 0.5) is 0 Å². The van der Waals surface area contributed by atoms with Crippen LogP contribution < -0.4 is 8.25 Å². The molecule has 0 aliphatic carbocycles. The van der Waals surface area contributed by atoms with E-state index in [0.717, 1.165) is 24.3 Å². The first-order valence-corrected chi connectivity index (χ1v) is 13.7. The molecule has 0 saturated heterocycles. The highest BCUT2D eigenvalue weighted by molar-refractivity contribution is 8.06. The SMILES string of the molecule is O=S(=O)(CCS(=O)(=O)NS(=O)(=O)c1ccccc1)NS(=O)(=O)c1ccccc1. The Morgan fingerprint density at radius 2 is 0.786 bits per heavy atom. The molecule has 0 saturated carbocycles. The molecule has 0 aliphatic heterocycles. The van der Waals surface area contributed by atoms with Gasteiger partial charge < -0.3 is 0 Å². The van der Waals surface area contributed by atoms with Crippen LogP contribution in [0.15, 0.2) is 70.5 Å². The molecule has 0 atom stereocenters. The Morgan fingerprint density at radius 3 is 1.07 bits per heavy atom. The van der Waals surface area contributed by atoms with Crippen LogP contribution in [0, 0.1) is 0 Å². The molecule has 14 heteroatoms. The molecule has 154 valence electrons. The van der Waals surface area contributed by atoms with Crippen LogP contribution in [0.3, 0.4) is 0 Å². The predicted molar refractivity (Wildman–Crippen MR) is 101 cm³/mol. The molecule has 2 N–H and O–H groups in total. The van der Waals surface area contributed by atoms with Crippen LogP contribution in [-0.4, -0.2) is 45.2 Å². The van der Waals surface area contributed by atoms with E-state index < -0.39 is 51.6 Å². The highest BCUT2D eigenvalue weighted by atomic mass is 32.3. The zero-order valence-corrected chi connectivity index (χ0v) is 17.4. The van der Waals surface area contributed by atoms with Crippen molar-refractivity contribution in [2.45, 2.75) is 9.79 Å². The molecule has 2 aromatic carbocycles. The summed E-state index contributed by atoms with van der Waals surface area (Å²) in [4.78, 5) is -0.655. The molecule has 2 rings (SSSR count). The van der Waals surface area contributed by atoms with Gasteiger partial charge in [0.05, 0.1) is 21.3 Å². The van der Waals surface area contributed by atoms with Gasteiger partial charge in [0.25, 0.3) is 20.0 Å². The van der Waals surface area contributed by atoms with Crippen molar-refractivity contribution in [2.75, 3.05) is 11.5 Å². The summed E-state index contributed by atoms with van der Waals surface area (Å²) in [5, 5.41) is 0. The third kappa shape index (κ3) is 6.35. The van der Waals surface area contributed by atoms with Crippen molar-refractivity contribution < 1.29 is 33.7 Å². The largest absolute Gasteiger partial charge is 0.253 e. The Bertz CT molecular complexity index is 1140. The Hall–Kier alpha value is -1.84. The molecule has 28 heavy (non-hydrogen) atoms. The fourth-order valence-electron chi connectivity index (χ4n) is 1.93. The van der Waals surface area contributed by atoms with Gasteiger partial charge in [-0.05, 0) is 24.3 Å². The molecule has 0 fully saturated rings. The molecule has 0 bridgehead atoms. The lowest BCUT2D eigenvalue weighted by Gasteiger charge is -2.10. The van der Waals surface area contributed by atoms with Crippen LogP contribution in [0.5, 0.6) is 0 Å². The molecular formula is C14H16N2O8S4. The Balaban J connectivity index is 2.09. The van der Waals surface area contributed by atoms with Crippen LogP contribution in [0.2, 0.25) is 0 Å². The second-order valence-electron chi connectivity index (χ2n) is 5.44. The third-order valence-electron chi connectivity index (χ3n) is 3.20. The van der Waals surface area contributed by atoms with E-state index in [4.69, 9.17) is 0 Å². The summed E-state index contributed by atoms with van der Waals surface area (Å²) in [6.45, 7) is 0. The molecule has 0 heterocycles. The smallest absolute Gasteiger partial charge is 0.211 e. The first-order valence-electron chi connectivity index (χ1n) is 7.46. The van der Waals surface area contributed by atoms with Crippen LogP contribution in [0.1, 0.15) is 0 Å². The van der Waals surface area contributed by atoms with E-state index in [-0.39, 0.29) is 9.79 Å². The second-order valence-corrected chi connectivity index (χ2v) is 13.0. The fraction of sp³-hybridized carbons (Fsp3) is 0.143. The van der Waals surface area contributed by atoms with Crippen molar-refractivity contribution in [3.63, 3.8) is 0 Å². The summed E-state index contributed by atoms with van der Waals surface area (Å²) in [7, 11) is -18.1. The minimum absolute atomic E-state index is 0.328. The molecule has 0 aromatic heterocycles. The number of nitrogens with one attached hydrogen (secondary N) is 2. The summed E-state index contributed by atoms with van der Waals surface area (Å²) in [5.41, 5.74) is 0. The molecule has 0 spiro atoms. The Morgan fingerprint density at radius 1 is 0.500 bits per heavy atom. The van der Waals surface area contributed by atoms with E-state index in [1.54, 1.807) is 0 Å². The average Bonchev–Trinajstić information content (AvgIpc) is 2.60. The minimum Gasteiger partial charge on any atom is -0.211 e. The lowest BCUT2D eigenvalue weighted by molar-refractivity contribution is 0.569. The Kier molecular flexibility index (Phi) is 6.62. The van der Waals surface area contributed by atoms with Gasteiger partial charge in [-0.1, -0.05) is 36.4 Å². The zero-order valence-electron chi connectivity index (χ0n) is 14.1. The number of sulfonamides is 4. The van der Waals surface area contributed by atoms with Crippen molar-refractivity contribution in [3.05, 3.63) is 60.7 Å². The van der Waals surface area contributed by atoms with Gasteiger partial charge in [-0.2, -0.15) is 0 Å². The monoisotopic (exact) mass is 468 g/mol. The number of benzene rings is 2. The van der Waals surface area contributed by atoms with Crippen LogP contribution >= 0.6 is 0 Å². The molecule has 0 radical (unpaired) electrons. The van der Waals surface area contributed by atoms with Gasteiger partial charge in [0.2, 0.25) is 20.0 Å². The molecule has 0 unspecified atom stereocenters. The summed E-state index contributed by atoms with van der Waals surface area (Å²) in [6, 6.07) is 13.2. The standard InChI is InChI=1S/C14H16N2O8S4/c17-25(18,15-27(21,22)13-7-3-1-4-8-13)11-12-26(19,20)16-28(23,24)14-9-5-2-6-10-14/h1-10,15-16H,11-12H2. The summed E-state index contributed by atoms with van der Waals surface area (Å²) in [6.07, 6.45) is 0. The van der Waals surface area contributed by atoms with Crippen LogP contribution in [0.25, 0.3) is 0 Å². The van der Waals surface area contributed by atoms with E-state index in [1.165, 1.54) is 44.7 Å². The molecule has 0 aliphatic rings. The number of rotatable bonds is 9. The first-order chi connectivity index (χ1) is 12.8. The first kappa shape index (κ1) is 22.4. The van der Waals surface area contributed by atoms with Crippen molar-refractivity contribution in [3.8, 4) is 0 Å². The van der Waals surface area contributed by atoms with Gasteiger partial charge in [0.1, 0.15) is 0 Å². The normalized spacial score (nSPS) is 13.3. The van der Waals surface area contributed by atoms with Crippen LogP contribution in [-0.2, 0) is 40.1 Å². The summed E-state index contributed by atoms with van der Waals surface area (Å²) >= 11 is 0. The number of hydrogen-bond acceptors (Lipinski definition) is 8. The minimum atomic E-state index is -4.59. The van der Waals surface area contributed by atoms with Gasteiger partial charge in [-0.15, -0.1) is 8.25 Å². The molecular weight excluding hydrogens is 452 g/mol. The van der Waals surface area contributed by atoms with Crippen molar-refractivity contribution in [1.29, 1.82) is 0 Å². The Labute approximate surface area is 163 Å². The topological polar surface area (TPSA) is 161 Å². The lowest BCUT2D eigenvalue weighted by Crippen LogP contribution is -2.38. The number of hydrogen-bond donors (Lipinski definition) is 2. The highest BCUT2D eigenvalue weighted by Gasteiger charge is 2.27. The summed E-state index contributed by atoms with van der Waals surface area (Å²) in [5.74, 6) is -2.34. The van der Waals surface area contributed by atoms with E-state index in [1.807, 2.05) is 0 Å². The van der Waals surface area contributed by atoms with Gasteiger partial charge in [0.15, 0.2) is 0 Å². The van der Waals surface area contributed by atoms with Gasteiger partial charge in [0, 0.05) is 0 Å². The molecule has 2 aromatic rings. The maximum Gasteiger partial charge on any atom is 0.253 e. The van der Waals surface area contributed by atoms with E-state index in [0.29, 0.717) is 0 Å². The van der Waals surface area contributed by atoms with Crippen molar-refractivity contribution in [2.24, 2.45) is 0 Å². The maximum atomic E-state index is 12.0. The van der Waals surface area contributed by atoms with E-state index in [9.17, 15) is 33.7 Å². The molecule has 0 amide bonds. The van der Waals surface area contributed by atoms with Gasteiger partial charge in [-0.3, -0.25) is 0 Å². The van der Waals surface area contributed by atoms with Gasteiger partial charge >= 0.3 is 0 Å². The second kappa shape index (κ2) is 8.26. The summed E-state index contributed by atoms with van der Waals surface area (Å²) < 4.78 is 98.9. The molecule has 10 nitrogen and oxygen atoms in total. The lowest BCUT2D eigenvalue weighted by atomic mass is 10.4. The maximum absolute atomic E-state index is 12.0. The highest BCUT2D eigenvalue weighted by Crippen LogP contribution is 2.10. The van der Waals surface area contributed by atoms with E-state index >= 15 is 0 Å². The fourth-order valence-corrected chi connectivity index (χ4v) is 8.83. The average molecular weight is 469 g/mol. The van der Waals surface area contributed by atoms with Crippen molar-refractivity contribution in [1.82, 2.24) is 8.25 Å². The predicted octanol–water partition coefficient (Wildman–Crippen LogP) is -0.397. The third-order valence-corrected chi connectivity index (χ3v) is 10.5. The van der Waals surface area contributed by atoms with Gasteiger partial charge in [-0.25, -0.2) is 33.7 Å².